The topological polar surface area (TPSA) is 92.8 Å². The number of likely N-dealkylation sites (N-methyl/N-ethyl adjacent to an activating group) is 1. The van der Waals surface area contributed by atoms with Gasteiger partial charge in [0, 0.05) is 29.9 Å². The number of carbonyl (C=O) groups is 2. The van der Waals surface area contributed by atoms with E-state index in [2.05, 4.69) is 4.72 Å². The van der Waals surface area contributed by atoms with E-state index >= 15 is 0 Å². The second-order valence-corrected chi connectivity index (χ2v) is 11.2. The van der Waals surface area contributed by atoms with Gasteiger partial charge in [-0.25, -0.2) is 8.42 Å². The Morgan fingerprint density at radius 1 is 1.09 bits per heavy atom. The molecule has 0 radical (unpaired) electrons. The molecule has 0 amide bonds. The summed E-state index contributed by atoms with van der Waals surface area (Å²) in [5.41, 5.74) is 3.48. The Hall–Kier alpha value is -2.97. The van der Waals surface area contributed by atoms with Gasteiger partial charge >= 0.3 is 5.97 Å². The summed E-state index contributed by atoms with van der Waals surface area (Å²) in [6.07, 6.45) is 1.49. The minimum Gasteiger partial charge on any atom is -0.456 e. The average molecular weight is 485 g/mol. The van der Waals surface area contributed by atoms with Crippen molar-refractivity contribution in [2.24, 2.45) is 5.92 Å². The molecule has 1 aliphatic rings. The molecule has 0 fully saturated rings. The number of para-hydroxylation sites is 1. The highest BCUT2D eigenvalue weighted by atomic mass is 32.2. The number of carbonyl (C=O) groups excluding carboxylic acids is 2. The molecule has 0 saturated heterocycles. The Morgan fingerprint density at radius 3 is 2.29 bits per heavy atom. The van der Waals surface area contributed by atoms with Crippen molar-refractivity contribution in [1.29, 1.82) is 0 Å². The van der Waals surface area contributed by atoms with Gasteiger partial charge in [0.25, 0.3) is 0 Å². The zero-order valence-corrected chi connectivity index (χ0v) is 21.3. The largest absolute Gasteiger partial charge is 0.456 e. The molecule has 1 atom stereocenters. The zero-order valence-electron chi connectivity index (χ0n) is 20.5. The smallest absolute Gasteiger partial charge is 0.324 e. The molecule has 3 rings (SSSR count). The highest BCUT2D eigenvalue weighted by molar-refractivity contribution is 7.89. The predicted molar refractivity (Wildman–Crippen MR) is 132 cm³/mol. The second-order valence-electron chi connectivity index (χ2n) is 9.46. The lowest BCUT2D eigenvalue weighted by atomic mass is 9.83. The van der Waals surface area contributed by atoms with Crippen LogP contribution in [0.4, 0.5) is 5.69 Å². The van der Waals surface area contributed by atoms with Crippen LogP contribution in [-0.4, -0.2) is 39.9 Å². The Morgan fingerprint density at radius 2 is 1.71 bits per heavy atom. The number of hydrogen-bond donors (Lipinski definition) is 1. The van der Waals surface area contributed by atoms with Gasteiger partial charge in [0.1, 0.15) is 6.04 Å². The lowest BCUT2D eigenvalue weighted by Crippen LogP contribution is -2.45. The maximum atomic E-state index is 12.7. The summed E-state index contributed by atoms with van der Waals surface area (Å²) in [7, 11) is -2.03. The molecule has 0 unspecified atom stereocenters. The molecule has 0 bridgehead atoms. The summed E-state index contributed by atoms with van der Waals surface area (Å²) in [5, 5.41) is 0. The highest BCUT2D eigenvalue weighted by Crippen LogP contribution is 2.46. The third kappa shape index (κ3) is 5.23. The van der Waals surface area contributed by atoms with Crippen molar-refractivity contribution in [1.82, 2.24) is 4.72 Å². The van der Waals surface area contributed by atoms with Crippen molar-refractivity contribution in [3.05, 3.63) is 71.4 Å². The van der Waals surface area contributed by atoms with Crippen LogP contribution < -0.4 is 9.62 Å². The van der Waals surface area contributed by atoms with Gasteiger partial charge in [-0.2, -0.15) is 4.72 Å². The van der Waals surface area contributed by atoms with Crippen molar-refractivity contribution in [3.8, 4) is 0 Å². The van der Waals surface area contributed by atoms with E-state index in [9.17, 15) is 18.0 Å². The van der Waals surface area contributed by atoms with E-state index in [4.69, 9.17) is 4.74 Å². The number of rotatable bonds is 8. The molecular weight excluding hydrogens is 452 g/mol. The highest BCUT2D eigenvalue weighted by Gasteiger charge is 2.38. The molecule has 0 aromatic heterocycles. The number of aryl methyl sites for hydroxylation is 1. The van der Waals surface area contributed by atoms with Gasteiger partial charge in [0.2, 0.25) is 10.0 Å². The third-order valence-electron chi connectivity index (χ3n) is 6.13. The van der Waals surface area contributed by atoms with Crippen LogP contribution in [0, 0.1) is 12.8 Å². The molecule has 0 spiro atoms. The number of ether oxygens (including phenoxy) is 1. The molecule has 1 N–H and O–H groups in total. The maximum Gasteiger partial charge on any atom is 0.324 e. The lowest BCUT2D eigenvalue weighted by Gasteiger charge is -2.24. The first kappa shape index (κ1) is 25.6. The van der Waals surface area contributed by atoms with E-state index in [1.807, 2.05) is 57.0 Å². The van der Waals surface area contributed by atoms with Crippen molar-refractivity contribution in [2.75, 3.05) is 18.6 Å². The number of fused-ring (bicyclic) bond motifs is 1. The zero-order chi connectivity index (χ0) is 25.3. The third-order valence-corrected chi connectivity index (χ3v) is 7.59. The average Bonchev–Trinajstić information content (AvgIpc) is 2.97. The number of esters is 1. The summed E-state index contributed by atoms with van der Waals surface area (Å²) in [6.45, 7) is 8.87. The number of allylic oxidation sites excluding steroid dienone is 1. The number of nitrogens with one attached hydrogen (secondary N) is 1. The summed E-state index contributed by atoms with van der Waals surface area (Å²) in [4.78, 5) is 27.4. The molecule has 34 heavy (non-hydrogen) atoms. The Balaban J connectivity index is 1.70. The normalized spacial score (nSPS) is 17.0. The summed E-state index contributed by atoms with van der Waals surface area (Å²) in [5.74, 6) is -1.55. The van der Waals surface area contributed by atoms with Crippen LogP contribution in [0.1, 0.15) is 38.8 Å². The summed E-state index contributed by atoms with van der Waals surface area (Å²) >= 11 is 0. The van der Waals surface area contributed by atoms with E-state index in [1.54, 1.807) is 26.0 Å². The van der Waals surface area contributed by atoms with Crippen LogP contribution in [0.15, 0.2) is 65.2 Å². The Kier molecular flexibility index (Phi) is 7.33. The Labute approximate surface area is 201 Å². The summed E-state index contributed by atoms with van der Waals surface area (Å²) < 4.78 is 33.2. The van der Waals surface area contributed by atoms with Gasteiger partial charge in [0.05, 0.1) is 4.90 Å². The van der Waals surface area contributed by atoms with Crippen LogP contribution in [0.2, 0.25) is 0 Å². The second kappa shape index (κ2) is 9.72. The molecule has 1 aliphatic heterocycles. The number of nitrogens with zero attached hydrogens (tertiary/aromatic N) is 1. The monoisotopic (exact) mass is 484 g/mol. The fraction of sp³-hybridized carbons (Fsp3) is 0.385. The SMILES string of the molecule is Cc1ccc(S(=O)(=O)N[C@H](C(=O)OCC(=O)C=C2N(C)c3ccccc3C2(C)C)C(C)C)cc1. The minimum absolute atomic E-state index is 0.0587. The van der Waals surface area contributed by atoms with Crippen molar-refractivity contribution >= 4 is 27.5 Å². The quantitative estimate of drug-likeness (QED) is 0.453. The Bertz CT molecular complexity index is 1210. The van der Waals surface area contributed by atoms with Gasteiger partial charge in [0.15, 0.2) is 12.4 Å². The number of hydrogen-bond acceptors (Lipinski definition) is 6. The van der Waals surface area contributed by atoms with E-state index in [1.165, 1.54) is 18.2 Å². The van der Waals surface area contributed by atoms with Gasteiger partial charge in [-0.1, -0.05) is 63.6 Å². The van der Waals surface area contributed by atoms with Gasteiger partial charge < -0.3 is 9.64 Å². The molecular formula is C26H32N2O5S. The van der Waals surface area contributed by atoms with Crippen LogP contribution in [-0.2, 0) is 29.8 Å². The first-order chi connectivity index (χ1) is 15.8. The number of sulfonamides is 1. The molecule has 0 saturated carbocycles. The minimum atomic E-state index is -3.93. The van der Waals surface area contributed by atoms with E-state index < -0.39 is 28.6 Å². The van der Waals surface area contributed by atoms with Crippen molar-refractivity contribution in [2.45, 2.75) is 51.0 Å². The van der Waals surface area contributed by atoms with E-state index in [-0.39, 0.29) is 22.0 Å². The van der Waals surface area contributed by atoms with E-state index in [0.717, 1.165) is 22.5 Å². The standard InChI is InChI=1S/C26H32N2O5S/c1-17(2)24(27-34(31,32)20-13-11-18(3)12-14-20)25(30)33-16-19(29)15-23-26(4,5)21-9-7-8-10-22(21)28(23)6/h7-15,17,24,27H,16H2,1-6H3/t24-/m0/s1. The van der Waals surface area contributed by atoms with Gasteiger partial charge in [-0.3, -0.25) is 9.59 Å². The molecule has 182 valence electrons. The maximum absolute atomic E-state index is 12.7. The van der Waals surface area contributed by atoms with Gasteiger partial charge in [-0.15, -0.1) is 0 Å². The molecule has 2 aromatic rings. The number of ketones is 1. The van der Waals surface area contributed by atoms with Gasteiger partial charge in [-0.05, 0) is 36.6 Å². The van der Waals surface area contributed by atoms with Crippen molar-refractivity contribution in [3.63, 3.8) is 0 Å². The van der Waals surface area contributed by atoms with Crippen molar-refractivity contribution < 1.29 is 22.7 Å². The number of anilines is 1. The summed E-state index contributed by atoms with van der Waals surface area (Å²) in [6, 6.07) is 13.1. The molecule has 1 heterocycles. The van der Waals surface area contributed by atoms with Crippen LogP contribution in [0.3, 0.4) is 0 Å². The molecule has 0 aliphatic carbocycles. The molecule has 7 nitrogen and oxygen atoms in total. The van der Waals surface area contributed by atoms with Crippen LogP contribution >= 0.6 is 0 Å². The van der Waals surface area contributed by atoms with Crippen LogP contribution in [0.5, 0.6) is 0 Å². The fourth-order valence-electron chi connectivity index (χ4n) is 4.09. The first-order valence-corrected chi connectivity index (χ1v) is 12.7. The lowest BCUT2D eigenvalue weighted by molar-refractivity contribution is -0.149. The van der Waals surface area contributed by atoms with Crippen LogP contribution in [0.25, 0.3) is 0 Å². The molecule has 2 aromatic carbocycles. The fourth-order valence-corrected chi connectivity index (χ4v) is 5.43. The molecule has 8 heteroatoms. The number of benzene rings is 2. The first-order valence-electron chi connectivity index (χ1n) is 11.2. The predicted octanol–water partition coefficient (Wildman–Crippen LogP) is 3.72. The van der Waals surface area contributed by atoms with E-state index in [0.29, 0.717) is 0 Å².